The van der Waals surface area contributed by atoms with Crippen LogP contribution in [-0.4, -0.2) is 9.97 Å². The zero-order valence-electron chi connectivity index (χ0n) is 6.45. The molecule has 0 saturated heterocycles. The molecule has 0 aliphatic carbocycles. The second-order valence-electron chi connectivity index (χ2n) is 2.50. The maximum Gasteiger partial charge on any atom is 0.255 e. The lowest BCUT2D eigenvalue weighted by Crippen LogP contribution is -2.09. The van der Waals surface area contributed by atoms with Crippen LogP contribution in [0, 0.1) is 0 Å². The first-order chi connectivity index (χ1) is 6.16. The molecule has 2 aromatic rings. The second kappa shape index (κ2) is 2.97. The number of fused-ring (bicyclic) bond motifs is 1. The first-order valence-corrected chi connectivity index (χ1v) is 4.31. The van der Waals surface area contributed by atoms with E-state index in [1.54, 1.807) is 18.2 Å². The van der Waals surface area contributed by atoms with E-state index in [9.17, 15) is 0 Å². The lowest BCUT2D eigenvalue weighted by molar-refractivity contribution is 0.591. The van der Waals surface area contributed by atoms with Gasteiger partial charge in [-0.15, -0.1) is 0 Å². The van der Waals surface area contributed by atoms with Gasteiger partial charge in [-0.1, -0.05) is 23.8 Å². The van der Waals surface area contributed by atoms with Crippen molar-refractivity contribution < 1.29 is 4.42 Å². The summed E-state index contributed by atoms with van der Waals surface area (Å²) in [5.41, 5.74) is 6.65. The zero-order valence-corrected chi connectivity index (χ0v) is 8.02. The molecule has 13 heavy (non-hydrogen) atoms. The fourth-order valence-corrected chi connectivity index (χ4v) is 1.26. The normalized spacial score (nSPS) is 10.5. The van der Waals surface area contributed by atoms with E-state index in [0.717, 1.165) is 0 Å². The molecule has 0 radical (unpaired) electrons. The molecular weight excluding hydrogens is 208 g/mol. The van der Waals surface area contributed by atoms with Crippen LogP contribution in [0.15, 0.2) is 22.6 Å². The predicted octanol–water partition coefficient (Wildman–Crippen LogP) is 2.12. The molecule has 0 unspecified atom stereocenters. The van der Waals surface area contributed by atoms with Gasteiger partial charge in [0.2, 0.25) is 0 Å². The maximum absolute atomic E-state index is 5.76. The van der Waals surface area contributed by atoms with Crippen molar-refractivity contribution in [3.05, 3.63) is 29.1 Å². The standard InChI is InChI=1S/C8H5ClN2OS/c9-4-1-2-6-5(3-4)11-8(12-6)7(10)13/h1-3H,(H2,10,13). The Morgan fingerprint density at radius 3 is 3.00 bits per heavy atom. The highest BCUT2D eigenvalue weighted by molar-refractivity contribution is 7.80. The summed E-state index contributed by atoms with van der Waals surface area (Å²) < 4.78 is 5.25. The number of rotatable bonds is 1. The topological polar surface area (TPSA) is 52.0 Å². The van der Waals surface area contributed by atoms with Crippen LogP contribution in [0.1, 0.15) is 5.89 Å². The third kappa shape index (κ3) is 1.50. The summed E-state index contributed by atoms with van der Waals surface area (Å²) in [5, 5.41) is 0.607. The lowest BCUT2D eigenvalue weighted by atomic mass is 10.3. The molecule has 0 amide bonds. The molecule has 0 aliphatic heterocycles. The van der Waals surface area contributed by atoms with Gasteiger partial charge in [-0.05, 0) is 18.2 Å². The Bertz CT molecular complexity index is 480. The number of nitrogens with two attached hydrogens (primary N) is 1. The molecule has 1 aromatic carbocycles. The van der Waals surface area contributed by atoms with Gasteiger partial charge < -0.3 is 10.2 Å². The Labute approximate surface area is 84.5 Å². The number of hydrogen-bond acceptors (Lipinski definition) is 3. The minimum Gasteiger partial charge on any atom is -0.434 e. The molecule has 0 saturated carbocycles. The first-order valence-electron chi connectivity index (χ1n) is 3.53. The van der Waals surface area contributed by atoms with Crippen LogP contribution in [0.2, 0.25) is 5.02 Å². The average Bonchev–Trinajstić information content (AvgIpc) is 2.46. The van der Waals surface area contributed by atoms with Gasteiger partial charge in [0.1, 0.15) is 5.52 Å². The van der Waals surface area contributed by atoms with E-state index in [2.05, 4.69) is 4.98 Å². The number of oxazole rings is 1. The maximum atomic E-state index is 5.76. The van der Waals surface area contributed by atoms with Crippen molar-refractivity contribution in [3.8, 4) is 0 Å². The van der Waals surface area contributed by atoms with Gasteiger partial charge in [0.25, 0.3) is 5.89 Å². The summed E-state index contributed by atoms with van der Waals surface area (Å²) in [5.74, 6) is 0.271. The fourth-order valence-electron chi connectivity index (χ4n) is 1.01. The monoisotopic (exact) mass is 212 g/mol. The Morgan fingerprint density at radius 1 is 1.54 bits per heavy atom. The summed E-state index contributed by atoms with van der Waals surface area (Å²) >= 11 is 10.5. The Morgan fingerprint density at radius 2 is 2.31 bits per heavy atom. The van der Waals surface area contributed by atoms with E-state index in [4.69, 9.17) is 34.0 Å². The Hall–Kier alpha value is -1.13. The van der Waals surface area contributed by atoms with Crippen molar-refractivity contribution in [2.24, 2.45) is 5.73 Å². The van der Waals surface area contributed by atoms with E-state index in [-0.39, 0.29) is 10.9 Å². The number of aromatic nitrogens is 1. The van der Waals surface area contributed by atoms with Crippen molar-refractivity contribution in [1.29, 1.82) is 0 Å². The lowest BCUT2D eigenvalue weighted by Gasteiger charge is -1.85. The minimum absolute atomic E-state index is 0.146. The number of nitrogens with zero attached hydrogens (tertiary/aromatic N) is 1. The van der Waals surface area contributed by atoms with E-state index < -0.39 is 0 Å². The first kappa shape index (κ1) is 8.47. The molecule has 0 atom stereocenters. The highest BCUT2D eigenvalue weighted by atomic mass is 35.5. The molecule has 1 aromatic heterocycles. The smallest absolute Gasteiger partial charge is 0.255 e. The fraction of sp³-hybridized carbons (Fsp3) is 0. The molecule has 0 bridgehead atoms. The van der Waals surface area contributed by atoms with Crippen LogP contribution >= 0.6 is 23.8 Å². The molecular formula is C8H5ClN2OS. The van der Waals surface area contributed by atoms with Crippen molar-refractivity contribution in [1.82, 2.24) is 4.98 Å². The number of halogens is 1. The third-order valence-electron chi connectivity index (χ3n) is 1.56. The SMILES string of the molecule is NC(=S)c1nc2cc(Cl)ccc2o1. The van der Waals surface area contributed by atoms with E-state index in [1.165, 1.54) is 0 Å². The molecule has 0 spiro atoms. The van der Waals surface area contributed by atoms with Crippen molar-refractivity contribution in [3.63, 3.8) is 0 Å². The van der Waals surface area contributed by atoms with Crippen molar-refractivity contribution >= 4 is 39.9 Å². The van der Waals surface area contributed by atoms with E-state index in [1.807, 2.05) is 0 Å². The van der Waals surface area contributed by atoms with Crippen LogP contribution in [0.3, 0.4) is 0 Å². The number of hydrogen-bond donors (Lipinski definition) is 1. The van der Waals surface area contributed by atoms with Crippen LogP contribution in [-0.2, 0) is 0 Å². The molecule has 0 fully saturated rings. The summed E-state index contributed by atoms with van der Waals surface area (Å²) in [6.07, 6.45) is 0. The second-order valence-corrected chi connectivity index (χ2v) is 3.37. The quantitative estimate of drug-likeness (QED) is 0.736. The van der Waals surface area contributed by atoms with Gasteiger partial charge in [-0.25, -0.2) is 4.98 Å². The predicted molar refractivity (Wildman–Crippen MR) is 54.9 cm³/mol. The molecule has 2 N–H and O–H groups in total. The van der Waals surface area contributed by atoms with Gasteiger partial charge in [0.05, 0.1) is 0 Å². The van der Waals surface area contributed by atoms with Gasteiger partial charge in [-0.3, -0.25) is 0 Å². The van der Waals surface area contributed by atoms with E-state index in [0.29, 0.717) is 16.1 Å². The third-order valence-corrected chi connectivity index (χ3v) is 1.97. The molecule has 0 aliphatic rings. The highest BCUT2D eigenvalue weighted by Crippen LogP contribution is 2.19. The molecule has 66 valence electrons. The molecule has 2 rings (SSSR count). The summed E-state index contributed by atoms with van der Waals surface area (Å²) in [7, 11) is 0. The number of benzene rings is 1. The molecule has 3 nitrogen and oxygen atoms in total. The van der Waals surface area contributed by atoms with Crippen molar-refractivity contribution in [2.75, 3.05) is 0 Å². The van der Waals surface area contributed by atoms with E-state index >= 15 is 0 Å². The van der Waals surface area contributed by atoms with Gasteiger partial charge in [0.15, 0.2) is 10.6 Å². The van der Waals surface area contributed by atoms with Crippen LogP contribution in [0.25, 0.3) is 11.1 Å². The Balaban J connectivity index is 2.68. The van der Waals surface area contributed by atoms with Crippen LogP contribution in [0.4, 0.5) is 0 Å². The average molecular weight is 213 g/mol. The largest absolute Gasteiger partial charge is 0.434 e. The summed E-state index contributed by atoms with van der Waals surface area (Å²) in [4.78, 5) is 4.20. The van der Waals surface area contributed by atoms with Crippen LogP contribution in [0.5, 0.6) is 0 Å². The van der Waals surface area contributed by atoms with Crippen LogP contribution < -0.4 is 5.73 Å². The summed E-state index contributed by atoms with van der Waals surface area (Å²) in [6, 6.07) is 5.15. The van der Waals surface area contributed by atoms with Crippen molar-refractivity contribution in [2.45, 2.75) is 0 Å². The number of thiocarbonyl (C=S) groups is 1. The molecule has 5 heteroatoms. The highest BCUT2D eigenvalue weighted by Gasteiger charge is 2.07. The minimum atomic E-state index is 0.146. The van der Waals surface area contributed by atoms with Gasteiger partial charge >= 0.3 is 0 Å². The summed E-state index contributed by atoms with van der Waals surface area (Å²) in [6.45, 7) is 0. The van der Waals surface area contributed by atoms with Gasteiger partial charge in [0, 0.05) is 5.02 Å². The molecule has 1 heterocycles. The van der Waals surface area contributed by atoms with Gasteiger partial charge in [-0.2, -0.15) is 0 Å². The Kier molecular flexibility index (Phi) is 1.94. The zero-order chi connectivity index (χ0) is 9.42.